The standard InChI is InChI=1S/2C6H7IN2.C6H6N2O3.C6H8N2/c1-4-2-6(8)5(7)3-9-4;1-4-6(7)5(8)2-3-9-4;1-5-4-6(8(10)11)2-3-7(5)9;1-5-4-6(7)2-3-8-5/h2*2-3H,1H3,(H2,8,9);2-4H,1H3;2-4H,1H3,(H2,7,8). The third-order valence-corrected chi connectivity index (χ3v) is 6.64. The Morgan fingerprint density at radius 3 is 1.92 bits per heavy atom. The maximum Gasteiger partial charge on any atom is 0.281 e. The van der Waals surface area contributed by atoms with E-state index in [0.717, 1.165) is 47.5 Å². The minimum Gasteiger partial charge on any atom is -0.619 e. The number of anilines is 3. The van der Waals surface area contributed by atoms with Crippen LogP contribution in [0, 0.1) is 50.2 Å². The second-order valence-corrected chi connectivity index (χ2v) is 9.73. The molecule has 37 heavy (non-hydrogen) atoms. The summed E-state index contributed by atoms with van der Waals surface area (Å²) in [7, 11) is 0. The Hall–Kier alpha value is -3.34. The highest BCUT2D eigenvalue weighted by Gasteiger charge is 2.09. The number of rotatable bonds is 1. The van der Waals surface area contributed by atoms with Gasteiger partial charge in [0.15, 0.2) is 11.9 Å². The van der Waals surface area contributed by atoms with Crippen molar-refractivity contribution in [2.45, 2.75) is 27.7 Å². The lowest BCUT2D eigenvalue weighted by atomic mass is 10.3. The fourth-order valence-corrected chi connectivity index (χ4v) is 3.01. The lowest BCUT2D eigenvalue weighted by molar-refractivity contribution is -0.613. The van der Waals surface area contributed by atoms with E-state index < -0.39 is 4.92 Å². The van der Waals surface area contributed by atoms with Gasteiger partial charge in [0.05, 0.1) is 29.9 Å². The maximum atomic E-state index is 10.7. The third-order valence-electron chi connectivity index (χ3n) is 4.33. The van der Waals surface area contributed by atoms with Gasteiger partial charge in [0.25, 0.3) is 5.69 Å². The van der Waals surface area contributed by atoms with Gasteiger partial charge in [-0.25, -0.2) is 0 Å². The number of aromatic nitrogens is 4. The van der Waals surface area contributed by atoms with Crippen LogP contribution in [0.15, 0.2) is 61.2 Å². The molecule has 0 aliphatic rings. The smallest absolute Gasteiger partial charge is 0.281 e. The molecule has 0 aliphatic heterocycles. The molecule has 0 aromatic carbocycles. The number of halogens is 2. The Bertz CT molecular complexity index is 1300. The van der Waals surface area contributed by atoms with Gasteiger partial charge in [-0.2, -0.15) is 4.73 Å². The van der Waals surface area contributed by atoms with Crippen LogP contribution in [0.3, 0.4) is 0 Å². The molecule has 0 unspecified atom stereocenters. The summed E-state index contributed by atoms with van der Waals surface area (Å²) in [4.78, 5) is 21.7. The first-order valence-electron chi connectivity index (χ1n) is 10.6. The summed E-state index contributed by atoms with van der Waals surface area (Å²) < 4.78 is 2.64. The molecule has 4 aromatic heterocycles. The van der Waals surface area contributed by atoms with Gasteiger partial charge in [0.1, 0.15) is 0 Å². The van der Waals surface area contributed by atoms with Crippen molar-refractivity contribution < 1.29 is 9.65 Å². The van der Waals surface area contributed by atoms with Gasteiger partial charge in [-0.1, -0.05) is 0 Å². The molecule has 0 aliphatic carbocycles. The van der Waals surface area contributed by atoms with Crippen molar-refractivity contribution in [1.29, 1.82) is 0 Å². The molecule has 0 amide bonds. The molecular formula is C24H28I2N8O3. The Morgan fingerprint density at radius 2 is 1.49 bits per heavy atom. The first kappa shape index (κ1) is 31.7. The molecular weight excluding hydrogens is 702 g/mol. The zero-order valence-corrected chi connectivity index (χ0v) is 25.0. The van der Waals surface area contributed by atoms with E-state index in [0.29, 0.717) is 10.4 Å². The highest BCUT2D eigenvalue weighted by Crippen LogP contribution is 2.15. The van der Waals surface area contributed by atoms with Crippen LogP contribution in [0.25, 0.3) is 0 Å². The van der Waals surface area contributed by atoms with E-state index in [2.05, 4.69) is 60.1 Å². The van der Waals surface area contributed by atoms with Gasteiger partial charge in [-0.15, -0.1) is 0 Å². The first-order valence-corrected chi connectivity index (χ1v) is 12.7. The van der Waals surface area contributed by atoms with Crippen LogP contribution in [0.4, 0.5) is 22.7 Å². The van der Waals surface area contributed by atoms with Crippen LogP contribution >= 0.6 is 45.2 Å². The number of nitrogen functional groups attached to an aromatic ring is 3. The van der Waals surface area contributed by atoms with Crippen LogP contribution in [-0.2, 0) is 0 Å². The normalized spacial score (nSPS) is 9.46. The Labute approximate surface area is 242 Å². The van der Waals surface area contributed by atoms with Crippen LogP contribution in [-0.4, -0.2) is 19.9 Å². The van der Waals surface area contributed by atoms with Gasteiger partial charge in [0.2, 0.25) is 0 Å². The number of nitrogens with two attached hydrogens (primary N) is 3. The van der Waals surface area contributed by atoms with Crippen molar-refractivity contribution in [2.75, 3.05) is 17.2 Å². The van der Waals surface area contributed by atoms with Gasteiger partial charge >= 0.3 is 0 Å². The van der Waals surface area contributed by atoms with E-state index >= 15 is 0 Å². The second kappa shape index (κ2) is 15.7. The molecule has 0 saturated carbocycles. The molecule has 0 radical (unpaired) electrons. The van der Waals surface area contributed by atoms with Gasteiger partial charge < -0.3 is 22.4 Å². The van der Waals surface area contributed by atoms with Crippen molar-refractivity contribution in [3.05, 3.63) is 106 Å². The number of aryl methyl sites for hydroxylation is 4. The molecule has 13 heteroatoms. The molecule has 0 saturated heterocycles. The van der Waals surface area contributed by atoms with E-state index in [1.54, 1.807) is 30.7 Å². The fraction of sp³-hybridized carbons (Fsp3) is 0.167. The van der Waals surface area contributed by atoms with Crippen molar-refractivity contribution in [2.24, 2.45) is 0 Å². The molecule has 0 atom stereocenters. The molecule has 4 aromatic rings. The summed E-state index contributed by atoms with van der Waals surface area (Å²) >= 11 is 4.33. The molecule has 4 heterocycles. The van der Waals surface area contributed by atoms with Gasteiger partial charge in [-0.3, -0.25) is 25.1 Å². The zero-order valence-electron chi connectivity index (χ0n) is 20.7. The monoisotopic (exact) mass is 730 g/mol. The Balaban J connectivity index is 0.000000248. The zero-order chi connectivity index (χ0) is 28.1. The largest absolute Gasteiger partial charge is 0.619 e. The third kappa shape index (κ3) is 12.0. The predicted molar refractivity (Wildman–Crippen MR) is 162 cm³/mol. The SMILES string of the molecule is Cc1cc(N)c(I)cn1.Cc1cc(N)ccn1.Cc1cc([N+](=O)[O-])cc[n+]1[O-].Cc1nccc(N)c1I. The van der Waals surface area contributed by atoms with Crippen molar-refractivity contribution in [3.63, 3.8) is 0 Å². The quantitative estimate of drug-likeness (QED) is 0.0823. The molecule has 0 bridgehead atoms. The van der Waals surface area contributed by atoms with Crippen LogP contribution in [0.1, 0.15) is 22.8 Å². The number of hydrogen-bond acceptors (Lipinski definition) is 9. The predicted octanol–water partition coefficient (Wildman–Crippen LogP) is 4.66. The van der Waals surface area contributed by atoms with Crippen molar-refractivity contribution in [1.82, 2.24) is 15.0 Å². The lowest BCUT2D eigenvalue weighted by Crippen LogP contribution is -2.28. The molecule has 11 nitrogen and oxygen atoms in total. The fourth-order valence-electron chi connectivity index (χ4n) is 2.40. The van der Waals surface area contributed by atoms with E-state index in [9.17, 15) is 15.3 Å². The average Bonchev–Trinajstić information content (AvgIpc) is 2.83. The molecule has 4 rings (SSSR count). The van der Waals surface area contributed by atoms with Crippen molar-refractivity contribution >= 4 is 67.9 Å². The van der Waals surface area contributed by atoms with Gasteiger partial charge in [-0.05, 0) is 90.2 Å². The van der Waals surface area contributed by atoms with Crippen LogP contribution in [0.2, 0.25) is 0 Å². The van der Waals surface area contributed by atoms with Gasteiger partial charge in [0, 0.05) is 54.0 Å². The molecule has 6 N–H and O–H groups in total. The van der Waals surface area contributed by atoms with E-state index in [-0.39, 0.29) is 5.69 Å². The minimum absolute atomic E-state index is 0.0606. The Morgan fingerprint density at radius 1 is 0.865 bits per heavy atom. The molecule has 0 spiro atoms. The Kier molecular flexibility index (Phi) is 13.4. The average molecular weight is 730 g/mol. The number of nitro groups is 1. The summed E-state index contributed by atoms with van der Waals surface area (Å²) in [6.45, 7) is 7.29. The highest BCUT2D eigenvalue weighted by atomic mass is 127. The van der Waals surface area contributed by atoms with E-state index in [4.69, 9.17) is 17.2 Å². The summed E-state index contributed by atoms with van der Waals surface area (Å²) in [6.07, 6.45) is 6.30. The summed E-state index contributed by atoms with van der Waals surface area (Å²) in [6, 6.07) is 9.66. The summed E-state index contributed by atoms with van der Waals surface area (Å²) in [5.41, 5.74) is 22.1. The number of hydrogen-bond donors (Lipinski definition) is 3. The summed E-state index contributed by atoms with van der Waals surface area (Å²) in [5.74, 6) is 0. The highest BCUT2D eigenvalue weighted by molar-refractivity contribution is 14.1. The lowest BCUT2D eigenvalue weighted by Gasteiger charge is -1.97. The molecule has 0 fully saturated rings. The van der Waals surface area contributed by atoms with Crippen molar-refractivity contribution in [3.8, 4) is 0 Å². The van der Waals surface area contributed by atoms with Crippen LogP contribution < -0.4 is 21.9 Å². The van der Waals surface area contributed by atoms with E-state index in [1.165, 1.54) is 19.1 Å². The maximum absolute atomic E-state index is 10.7. The first-order chi connectivity index (χ1) is 17.3. The topological polar surface area (TPSA) is 187 Å². The van der Waals surface area contributed by atoms with Crippen LogP contribution in [0.5, 0.6) is 0 Å². The minimum atomic E-state index is -0.535. The second-order valence-electron chi connectivity index (χ2n) is 7.49. The molecule has 196 valence electrons. The summed E-state index contributed by atoms with van der Waals surface area (Å²) in [5, 5.41) is 20.8. The number of nitrogens with zero attached hydrogens (tertiary/aromatic N) is 5. The van der Waals surface area contributed by atoms with E-state index in [1.807, 2.05) is 32.9 Å². The number of pyridine rings is 4.